The van der Waals surface area contributed by atoms with Crippen LogP contribution in [0.15, 0.2) is 12.1 Å². The van der Waals surface area contributed by atoms with E-state index in [1.54, 1.807) is 6.07 Å². The molecule has 0 saturated heterocycles. The molecule has 0 saturated carbocycles. The van der Waals surface area contributed by atoms with Gasteiger partial charge in [0, 0.05) is 6.07 Å². The van der Waals surface area contributed by atoms with Gasteiger partial charge >= 0.3 is 5.97 Å². The zero-order valence-corrected chi connectivity index (χ0v) is 8.26. The Morgan fingerprint density at radius 3 is 2.69 bits per heavy atom. The van der Waals surface area contributed by atoms with Crippen molar-refractivity contribution in [1.29, 1.82) is 5.26 Å². The molecule has 0 aliphatic rings. The lowest BCUT2D eigenvalue weighted by Gasteiger charge is -2.05. The van der Waals surface area contributed by atoms with Crippen molar-refractivity contribution in [2.45, 2.75) is 0 Å². The van der Waals surface area contributed by atoms with Crippen LogP contribution in [0, 0.1) is 21.4 Å². The summed E-state index contributed by atoms with van der Waals surface area (Å²) in [5.74, 6) is -0.877. The molecule has 1 aromatic carbocycles. The van der Waals surface area contributed by atoms with Crippen LogP contribution in [-0.4, -0.2) is 18.0 Å². The average molecular weight is 221 g/mol. The number of esters is 1. The first-order valence-electron chi connectivity index (χ1n) is 4.08. The van der Waals surface area contributed by atoms with Gasteiger partial charge in [-0.05, 0) is 6.07 Å². The molecule has 1 rings (SSSR count). The summed E-state index contributed by atoms with van der Waals surface area (Å²) in [5, 5.41) is 19.3. The largest absolute Gasteiger partial charge is 0.465 e. The number of ether oxygens (including phenoxy) is 1. The molecular weight excluding hydrogens is 214 g/mol. The highest BCUT2D eigenvalue weighted by molar-refractivity contribution is 5.99. The smallest absolute Gasteiger partial charge is 0.341 e. The van der Waals surface area contributed by atoms with E-state index < -0.39 is 16.6 Å². The van der Waals surface area contributed by atoms with Crippen LogP contribution in [0.2, 0.25) is 0 Å². The van der Waals surface area contributed by atoms with Crippen molar-refractivity contribution in [2.24, 2.45) is 0 Å². The van der Waals surface area contributed by atoms with Gasteiger partial charge in [0.2, 0.25) is 0 Å². The van der Waals surface area contributed by atoms with Crippen molar-refractivity contribution in [1.82, 2.24) is 0 Å². The highest BCUT2D eigenvalue weighted by Crippen LogP contribution is 2.28. The number of nitrogen functional groups attached to an aromatic ring is 1. The third-order valence-electron chi connectivity index (χ3n) is 1.93. The molecule has 0 aromatic heterocycles. The monoisotopic (exact) mass is 221 g/mol. The molecule has 7 nitrogen and oxygen atoms in total. The number of carbonyl (C=O) groups is 1. The fourth-order valence-electron chi connectivity index (χ4n) is 1.18. The minimum atomic E-state index is -0.877. The number of nitrogens with zero attached hydrogens (tertiary/aromatic N) is 2. The quantitative estimate of drug-likeness (QED) is 0.342. The fourth-order valence-corrected chi connectivity index (χ4v) is 1.18. The lowest BCUT2D eigenvalue weighted by Crippen LogP contribution is -2.10. The molecule has 0 atom stereocenters. The van der Waals surface area contributed by atoms with Crippen LogP contribution in [0.25, 0.3) is 0 Å². The van der Waals surface area contributed by atoms with E-state index in [0.717, 1.165) is 19.2 Å². The van der Waals surface area contributed by atoms with Crippen LogP contribution in [0.3, 0.4) is 0 Å². The van der Waals surface area contributed by atoms with Crippen molar-refractivity contribution < 1.29 is 14.5 Å². The fraction of sp³-hybridized carbons (Fsp3) is 0.111. The Kier molecular flexibility index (Phi) is 3.06. The lowest BCUT2D eigenvalue weighted by molar-refractivity contribution is -0.383. The summed E-state index contributed by atoms with van der Waals surface area (Å²) in [6, 6.07) is 3.94. The minimum Gasteiger partial charge on any atom is -0.465 e. The Labute approximate surface area is 90.2 Å². The maximum absolute atomic E-state index is 11.3. The molecule has 0 bridgehead atoms. The first-order chi connectivity index (χ1) is 7.52. The topological polar surface area (TPSA) is 119 Å². The molecule has 2 N–H and O–H groups in total. The number of methoxy groups -OCH3 is 1. The molecule has 0 spiro atoms. The number of hydrogen-bond donors (Lipinski definition) is 1. The molecule has 1 aromatic rings. The van der Waals surface area contributed by atoms with Crippen molar-refractivity contribution in [3.8, 4) is 6.07 Å². The van der Waals surface area contributed by atoms with Gasteiger partial charge in [-0.15, -0.1) is 0 Å². The van der Waals surface area contributed by atoms with Gasteiger partial charge in [-0.2, -0.15) is 5.26 Å². The van der Waals surface area contributed by atoms with E-state index in [1.807, 2.05) is 0 Å². The number of nitrogens with two attached hydrogens (primary N) is 1. The third kappa shape index (κ3) is 1.76. The zero-order chi connectivity index (χ0) is 12.3. The van der Waals surface area contributed by atoms with Crippen LogP contribution in [0.1, 0.15) is 15.9 Å². The van der Waals surface area contributed by atoms with Crippen molar-refractivity contribution in [3.63, 3.8) is 0 Å². The molecule has 0 amide bonds. The highest BCUT2D eigenvalue weighted by atomic mass is 16.6. The summed E-state index contributed by atoms with van der Waals surface area (Å²) in [6.07, 6.45) is 0. The summed E-state index contributed by atoms with van der Waals surface area (Å²) in [7, 11) is 1.10. The normalized spacial score (nSPS) is 9.25. The van der Waals surface area contributed by atoms with E-state index in [9.17, 15) is 14.9 Å². The van der Waals surface area contributed by atoms with Gasteiger partial charge < -0.3 is 10.5 Å². The maximum Gasteiger partial charge on any atom is 0.341 e. The SMILES string of the molecule is COC(=O)c1c(C#N)ccc([N+](=O)[O-])c1N. The van der Waals surface area contributed by atoms with Gasteiger partial charge in [0.25, 0.3) is 5.69 Å². The Hall–Kier alpha value is -2.62. The predicted molar refractivity (Wildman–Crippen MR) is 53.6 cm³/mol. The molecule has 0 fully saturated rings. The van der Waals surface area contributed by atoms with Gasteiger partial charge in [-0.3, -0.25) is 10.1 Å². The predicted octanol–water partition coefficient (Wildman–Crippen LogP) is 0.835. The van der Waals surface area contributed by atoms with Gasteiger partial charge in [0.1, 0.15) is 17.3 Å². The molecule has 0 unspecified atom stereocenters. The summed E-state index contributed by atoms with van der Waals surface area (Å²) in [4.78, 5) is 21.2. The Morgan fingerprint density at radius 2 is 2.25 bits per heavy atom. The molecule has 0 radical (unpaired) electrons. The summed E-state index contributed by atoms with van der Waals surface area (Å²) >= 11 is 0. The lowest BCUT2D eigenvalue weighted by atomic mass is 10.1. The van der Waals surface area contributed by atoms with E-state index in [-0.39, 0.29) is 16.8 Å². The Balaban J connectivity index is 3.54. The number of nitro groups is 1. The Morgan fingerprint density at radius 1 is 1.62 bits per heavy atom. The molecule has 0 heterocycles. The van der Waals surface area contributed by atoms with E-state index in [1.165, 1.54) is 0 Å². The third-order valence-corrected chi connectivity index (χ3v) is 1.93. The molecule has 16 heavy (non-hydrogen) atoms. The Bertz CT molecular complexity index is 504. The molecule has 0 aliphatic carbocycles. The van der Waals surface area contributed by atoms with Crippen LogP contribution in [0.4, 0.5) is 11.4 Å². The van der Waals surface area contributed by atoms with Gasteiger partial charge in [-0.25, -0.2) is 4.79 Å². The second-order valence-electron chi connectivity index (χ2n) is 2.78. The number of benzene rings is 1. The minimum absolute atomic E-state index is 0.0602. The molecule has 0 aliphatic heterocycles. The van der Waals surface area contributed by atoms with Crippen LogP contribution < -0.4 is 5.73 Å². The first-order valence-corrected chi connectivity index (χ1v) is 4.08. The number of hydrogen-bond acceptors (Lipinski definition) is 6. The van der Waals surface area contributed by atoms with E-state index in [0.29, 0.717) is 0 Å². The van der Waals surface area contributed by atoms with Crippen molar-refractivity contribution in [2.75, 3.05) is 12.8 Å². The second kappa shape index (κ2) is 4.27. The van der Waals surface area contributed by atoms with Crippen molar-refractivity contribution in [3.05, 3.63) is 33.4 Å². The van der Waals surface area contributed by atoms with Crippen LogP contribution in [0.5, 0.6) is 0 Å². The number of rotatable bonds is 2. The molecular formula is C9H7N3O4. The van der Waals surface area contributed by atoms with E-state index >= 15 is 0 Å². The van der Waals surface area contributed by atoms with Gasteiger partial charge in [0.15, 0.2) is 0 Å². The average Bonchev–Trinajstić information content (AvgIpc) is 2.26. The number of nitriles is 1. The standard InChI is InChI=1S/C9H7N3O4/c1-16-9(13)7-5(4-10)2-3-6(8(7)11)12(14)15/h2-3H,11H2,1H3. The van der Waals surface area contributed by atoms with Gasteiger partial charge in [-0.1, -0.05) is 0 Å². The van der Waals surface area contributed by atoms with Crippen LogP contribution >= 0.6 is 0 Å². The van der Waals surface area contributed by atoms with Crippen molar-refractivity contribution >= 4 is 17.3 Å². The zero-order valence-electron chi connectivity index (χ0n) is 8.26. The maximum atomic E-state index is 11.3. The molecule has 82 valence electrons. The number of carbonyl (C=O) groups excluding carboxylic acids is 1. The summed E-state index contributed by atoms with van der Waals surface area (Å²) in [6.45, 7) is 0. The number of nitro benzene ring substituents is 1. The number of anilines is 1. The molecule has 7 heteroatoms. The van der Waals surface area contributed by atoms with E-state index in [2.05, 4.69) is 4.74 Å². The summed E-state index contributed by atoms with van der Waals surface area (Å²) < 4.78 is 4.40. The van der Waals surface area contributed by atoms with Crippen LogP contribution in [-0.2, 0) is 4.74 Å². The first kappa shape index (κ1) is 11.5. The van der Waals surface area contributed by atoms with E-state index in [4.69, 9.17) is 11.0 Å². The summed E-state index contributed by atoms with van der Waals surface area (Å²) in [5.41, 5.74) is 4.31. The second-order valence-corrected chi connectivity index (χ2v) is 2.78. The van der Waals surface area contributed by atoms with Gasteiger partial charge in [0.05, 0.1) is 17.6 Å². The highest BCUT2D eigenvalue weighted by Gasteiger charge is 2.23.